The topological polar surface area (TPSA) is 30.7 Å². The molecule has 2 heterocycles. The van der Waals surface area contributed by atoms with Crippen molar-refractivity contribution in [2.45, 2.75) is 32.2 Å². The zero-order chi connectivity index (χ0) is 15.0. The number of halogens is 2. The number of hydrogen-bond donors (Lipinski definition) is 0. The van der Waals surface area contributed by atoms with Gasteiger partial charge in [-0.3, -0.25) is 0 Å². The van der Waals surface area contributed by atoms with Gasteiger partial charge in [0.2, 0.25) is 0 Å². The van der Waals surface area contributed by atoms with E-state index in [9.17, 15) is 0 Å². The van der Waals surface area contributed by atoms with E-state index in [0.29, 0.717) is 6.54 Å². The van der Waals surface area contributed by atoms with Crippen molar-refractivity contribution in [1.29, 1.82) is 0 Å². The molecule has 3 rings (SSSR count). The van der Waals surface area contributed by atoms with Gasteiger partial charge in [0.1, 0.15) is 10.8 Å². The first kappa shape index (κ1) is 15.0. The lowest BCUT2D eigenvalue weighted by Crippen LogP contribution is -2.05. The second-order valence-electron chi connectivity index (χ2n) is 4.88. The standard InChI is InChI=1S/C15H15BrClN3S/c1-3-11-7-18-14(21-11)8-20-13-6-10(16)4-5-12(13)19-15(20)9(2)17/h4-7,9H,3,8H2,1-2H3. The van der Waals surface area contributed by atoms with E-state index in [1.54, 1.807) is 11.3 Å². The summed E-state index contributed by atoms with van der Waals surface area (Å²) in [5.41, 5.74) is 2.05. The second-order valence-corrected chi connectivity index (χ2v) is 7.65. The van der Waals surface area contributed by atoms with Crippen LogP contribution in [0.2, 0.25) is 0 Å². The van der Waals surface area contributed by atoms with Crippen molar-refractivity contribution in [3.63, 3.8) is 0 Å². The molecule has 0 amide bonds. The lowest BCUT2D eigenvalue weighted by Gasteiger charge is -2.08. The average Bonchev–Trinajstić information content (AvgIpc) is 3.04. The molecule has 1 aromatic carbocycles. The van der Waals surface area contributed by atoms with Crippen molar-refractivity contribution in [1.82, 2.24) is 14.5 Å². The van der Waals surface area contributed by atoms with E-state index in [-0.39, 0.29) is 5.38 Å². The van der Waals surface area contributed by atoms with Gasteiger partial charge < -0.3 is 4.57 Å². The first-order chi connectivity index (χ1) is 10.1. The van der Waals surface area contributed by atoms with Gasteiger partial charge in [-0.25, -0.2) is 9.97 Å². The highest BCUT2D eigenvalue weighted by Gasteiger charge is 2.16. The van der Waals surface area contributed by atoms with E-state index in [1.807, 2.05) is 25.3 Å². The number of aromatic nitrogens is 3. The van der Waals surface area contributed by atoms with Crippen LogP contribution in [0.15, 0.2) is 28.9 Å². The fourth-order valence-electron chi connectivity index (χ4n) is 2.30. The fourth-order valence-corrected chi connectivity index (χ4v) is 3.67. The molecule has 0 N–H and O–H groups in total. The Kier molecular flexibility index (Phi) is 4.33. The molecule has 3 aromatic rings. The third kappa shape index (κ3) is 3.00. The Morgan fingerprint density at radius 3 is 2.90 bits per heavy atom. The molecule has 0 aliphatic rings. The number of fused-ring (bicyclic) bond motifs is 1. The number of alkyl halides is 1. The lowest BCUT2D eigenvalue weighted by atomic mass is 10.3. The summed E-state index contributed by atoms with van der Waals surface area (Å²) in [7, 11) is 0. The number of thiazole rings is 1. The Bertz CT molecular complexity index is 778. The maximum absolute atomic E-state index is 6.31. The monoisotopic (exact) mass is 383 g/mol. The molecule has 0 saturated heterocycles. The predicted molar refractivity (Wildman–Crippen MR) is 92.3 cm³/mol. The molecule has 0 saturated carbocycles. The van der Waals surface area contributed by atoms with Gasteiger partial charge in [-0.1, -0.05) is 22.9 Å². The van der Waals surface area contributed by atoms with E-state index in [2.05, 4.69) is 43.5 Å². The van der Waals surface area contributed by atoms with Crippen LogP contribution in [-0.4, -0.2) is 14.5 Å². The van der Waals surface area contributed by atoms with Crippen molar-refractivity contribution >= 4 is 49.9 Å². The smallest absolute Gasteiger partial charge is 0.128 e. The van der Waals surface area contributed by atoms with E-state index >= 15 is 0 Å². The predicted octanol–water partition coefficient (Wildman–Crippen LogP) is 5.17. The zero-order valence-electron chi connectivity index (χ0n) is 11.8. The first-order valence-electron chi connectivity index (χ1n) is 6.81. The summed E-state index contributed by atoms with van der Waals surface area (Å²) in [4.78, 5) is 10.5. The molecule has 1 atom stereocenters. The summed E-state index contributed by atoms with van der Waals surface area (Å²) in [6.07, 6.45) is 2.98. The molecule has 0 aliphatic carbocycles. The molecule has 0 bridgehead atoms. The molecule has 0 fully saturated rings. The summed E-state index contributed by atoms with van der Waals surface area (Å²) in [5, 5.41) is 0.950. The summed E-state index contributed by atoms with van der Waals surface area (Å²) < 4.78 is 3.20. The highest BCUT2D eigenvalue weighted by Crippen LogP contribution is 2.28. The van der Waals surface area contributed by atoms with Crippen LogP contribution in [0.4, 0.5) is 0 Å². The van der Waals surface area contributed by atoms with Crippen molar-refractivity contribution in [3.8, 4) is 0 Å². The van der Waals surface area contributed by atoms with Gasteiger partial charge in [0.15, 0.2) is 0 Å². The Balaban J connectivity index is 2.09. The van der Waals surface area contributed by atoms with Crippen molar-refractivity contribution in [2.75, 3.05) is 0 Å². The number of rotatable bonds is 4. The van der Waals surface area contributed by atoms with Gasteiger partial charge in [0, 0.05) is 15.5 Å². The molecule has 2 aromatic heterocycles. The van der Waals surface area contributed by atoms with Crippen LogP contribution in [0, 0.1) is 0 Å². The van der Waals surface area contributed by atoms with Crippen LogP contribution in [-0.2, 0) is 13.0 Å². The molecular formula is C15H15BrClN3S. The third-order valence-corrected chi connectivity index (χ3v) is 5.15. The molecule has 1 unspecified atom stereocenters. The van der Waals surface area contributed by atoms with Gasteiger partial charge in [-0.2, -0.15) is 0 Å². The van der Waals surface area contributed by atoms with Crippen molar-refractivity contribution in [3.05, 3.63) is 44.6 Å². The van der Waals surface area contributed by atoms with Gasteiger partial charge in [-0.15, -0.1) is 22.9 Å². The summed E-state index contributed by atoms with van der Waals surface area (Å²) in [6.45, 7) is 4.81. The SMILES string of the molecule is CCc1cnc(Cn2c(C(C)Cl)nc3ccc(Br)cc32)s1. The minimum Gasteiger partial charge on any atom is -0.320 e. The third-order valence-electron chi connectivity index (χ3n) is 3.34. The average molecular weight is 385 g/mol. The Morgan fingerprint density at radius 2 is 2.24 bits per heavy atom. The Morgan fingerprint density at radius 1 is 1.43 bits per heavy atom. The number of aryl methyl sites for hydroxylation is 1. The van der Waals surface area contributed by atoms with Crippen LogP contribution in [0.3, 0.4) is 0 Å². The molecular weight excluding hydrogens is 370 g/mol. The van der Waals surface area contributed by atoms with Crippen LogP contribution in [0.5, 0.6) is 0 Å². The molecule has 21 heavy (non-hydrogen) atoms. The van der Waals surface area contributed by atoms with E-state index in [1.165, 1.54) is 4.88 Å². The van der Waals surface area contributed by atoms with Crippen LogP contribution < -0.4 is 0 Å². The molecule has 0 radical (unpaired) electrons. The molecule has 0 aliphatic heterocycles. The summed E-state index contributed by atoms with van der Waals surface area (Å²) in [6, 6.07) is 6.10. The van der Waals surface area contributed by atoms with Crippen molar-refractivity contribution < 1.29 is 0 Å². The number of hydrogen-bond acceptors (Lipinski definition) is 3. The maximum atomic E-state index is 6.31. The van der Waals surface area contributed by atoms with Crippen LogP contribution >= 0.6 is 38.9 Å². The fraction of sp³-hybridized carbons (Fsp3) is 0.333. The van der Waals surface area contributed by atoms with Crippen LogP contribution in [0.1, 0.15) is 34.9 Å². The molecule has 0 spiro atoms. The van der Waals surface area contributed by atoms with Gasteiger partial charge in [0.25, 0.3) is 0 Å². The lowest BCUT2D eigenvalue weighted by molar-refractivity contribution is 0.738. The first-order valence-corrected chi connectivity index (χ1v) is 8.86. The van der Waals surface area contributed by atoms with E-state index < -0.39 is 0 Å². The van der Waals surface area contributed by atoms with Crippen LogP contribution in [0.25, 0.3) is 11.0 Å². The van der Waals surface area contributed by atoms with E-state index in [0.717, 1.165) is 32.8 Å². The largest absolute Gasteiger partial charge is 0.320 e. The normalized spacial score (nSPS) is 13.0. The number of imidazole rings is 1. The zero-order valence-corrected chi connectivity index (χ0v) is 15.0. The van der Waals surface area contributed by atoms with E-state index in [4.69, 9.17) is 11.6 Å². The summed E-state index contributed by atoms with van der Waals surface area (Å²) in [5.74, 6) is 0.887. The second kappa shape index (κ2) is 6.07. The van der Waals surface area contributed by atoms with Gasteiger partial charge in [-0.05, 0) is 31.5 Å². The Hall–Kier alpha value is -0.910. The van der Waals surface area contributed by atoms with Gasteiger partial charge >= 0.3 is 0 Å². The minimum absolute atomic E-state index is 0.137. The molecule has 110 valence electrons. The highest BCUT2D eigenvalue weighted by atomic mass is 79.9. The van der Waals surface area contributed by atoms with Gasteiger partial charge in [0.05, 0.1) is 23.0 Å². The molecule has 3 nitrogen and oxygen atoms in total. The molecule has 6 heteroatoms. The maximum Gasteiger partial charge on any atom is 0.128 e. The Labute approximate surface area is 141 Å². The highest BCUT2D eigenvalue weighted by molar-refractivity contribution is 9.10. The summed E-state index contributed by atoms with van der Waals surface area (Å²) >= 11 is 11.6. The quantitative estimate of drug-likeness (QED) is 0.581. The number of nitrogens with zero attached hydrogens (tertiary/aromatic N) is 3. The van der Waals surface area contributed by atoms with Crippen molar-refractivity contribution in [2.24, 2.45) is 0 Å². The number of benzene rings is 1. The minimum atomic E-state index is -0.137.